The van der Waals surface area contributed by atoms with Crippen molar-refractivity contribution in [3.63, 3.8) is 0 Å². The Bertz CT molecular complexity index is 1190. The number of hydrazone groups is 1. The molecule has 1 heterocycles. The molecule has 10 nitrogen and oxygen atoms in total. The van der Waals surface area contributed by atoms with Gasteiger partial charge >= 0.3 is 12.1 Å². The molecular weight excluding hydrogens is 511 g/mol. The fourth-order valence-corrected chi connectivity index (χ4v) is 4.19. The molecule has 0 aliphatic carbocycles. The Kier molecular flexibility index (Phi) is 9.23. The minimum atomic E-state index is -1.63. The van der Waals surface area contributed by atoms with Crippen molar-refractivity contribution < 1.29 is 23.5 Å². The predicted octanol–water partition coefficient (Wildman–Crippen LogP) is 3.98. The molecule has 0 radical (unpaired) electrons. The first kappa shape index (κ1) is 28.8. The number of alkyl carbamates (subject to hydrolysis) is 1. The fraction of sp³-hybridized carbons (Fsp3) is 0.385. The van der Waals surface area contributed by atoms with Crippen LogP contribution in [-0.4, -0.2) is 29.6 Å². The first-order valence-electron chi connectivity index (χ1n) is 12.0. The summed E-state index contributed by atoms with van der Waals surface area (Å²) in [6.45, 7) is 9.25. The van der Waals surface area contributed by atoms with Crippen molar-refractivity contribution in [3.8, 4) is 0 Å². The number of esters is 1. The Morgan fingerprint density at radius 1 is 1.16 bits per heavy atom. The zero-order valence-electron chi connectivity index (χ0n) is 22.0. The van der Waals surface area contributed by atoms with Crippen LogP contribution >= 0.6 is 12.2 Å². The number of nitrogens with one attached hydrogen (secondary N) is 4. The van der Waals surface area contributed by atoms with Crippen LogP contribution in [0.15, 0.2) is 53.6 Å². The van der Waals surface area contributed by atoms with Crippen LogP contribution in [-0.2, 0) is 26.4 Å². The summed E-state index contributed by atoms with van der Waals surface area (Å²) in [5.74, 6) is -1.29. The average molecular weight is 545 g/mol. The van der Waals surface area contributed by atoms with E-state index >= 15 is 4.39 Å². The number of carbonyl (C=O) groups excluding carboxylic acids is 2. The van der Waals surface area contributed by atoms with Crippen LogP contribution in [0.4, 0.5) is 14.9 Å². The molecule has 12 heteroatoms. The second kappa shape index (κ2) is 12.2. The highest BCUT2D eigenvalue weighted by Gasteiger charge is 2.46. The quantitative estimate of drug-likeness (QED) is 0.289. The van der Waals surface area contributed by atoms with Gasteiger partial charge in [-0.3, -0.25) is 5.32 Å². The van der Waals surface area contributed by atoms with Crippen molar-refractivity contribution in [2.45, 2.75) is 59.3 Å². The number of thiocarbonyl (C=S) groups is 1. The summed E-state index contributed by atoms with van der Waals surface area (Å²) in [7, 11) is 0. The number of carbonyl (C=O) groups is 2. The number of hydrogen-bond donors (Lipinski definition) is 4. The largest absolute Gasteiger partial charge is 0.461 e. The fourth-order valence-electron chi connectivity index (χ4n) is 3.93. The Hall–Kier alpha value is -3.77. The van der Waals surface area contributed by atoms with Crippen LogP contribution in [0, 0.1) is 11.2 Å². The van der Waals surface area contributed by atoms with Gasteiger partial charge in [-0.1, -0.05) is 57.2 Å². The van der Waals surface area contributed by atoms with E-state index in [9.17, 15) is 9.59 Å². The molecule has 2 aromatic rings. The zero-order valence-corrected chi connectivity index (χ0v) is 22.8. The van der Waals surface area contributed by atoms with Gasteiger partial charge in [-0.05, 0) is 61.2 Å². The van der Waals surface area contributed by atoms with E-state index in [2.05, 4.69) is 26.8 Å². The van der Waals surface area contributed by atoms with Gasteiger partial charge < -0.3 is 14.8 Å². The molecule has 0 aromatic heterocycles. The van der Waals surface area contributed by atoms with Crippen LogP contribution in [0.2, 0.25) is 0 Å². The summed E-state index contributed by atoms with van der Waals surface area (Å²) in [5, 5.41) is 10.4. The molecule has 0 fully saturated rings. The molecule has 204 valence electrons. The number of benzene rings is 2. The van der Waals surface area contributed by atoms with E-state index in [-0.39, 0.29) is 29.4 Å². The summed E-state index contributed by atoms with van der Waals surface area (Å²) in [5.41, 5.74) is 4.33. The van der Waals surface area contributed by atoms with Gasteiger partial charge in [0, 0.05) is 0 Å². The third-order valence-corrected chi connectivity index (χ3v) is 5.55. The molecule has 0 saturated heterocycles. The number of anilines is 1. The Morgan fingerprint density at radius 3 is 2.45 bits per heavy atom. The van der Waals surface area contributed by atoms with Crippen LogP contribution in [0.25, 0.3) is 0 Å². The summed E-state index contributed by atoms with van der Waals surface area (Å²) >= 11 is 5.41. The van der Waals surface area contributed by atoms with Gasteiger partial charge in [0.15, 0.2) is 10.7 Å². The van der Waals surface area contributed by atoms with Crippen molar-refractivity contribution in [3.05, 3.63) is 65.5 Å². The molecule has 1 amide bonds. The first-order chi connectivity index (χ1) is 17.9. The minimum absolute atomic E-state index is 0.0349. The van der Waals surface area contributed by atoms with Crippen molar-refractivity contribution in [1.82, 2.24) is 21.7 Å². The predicted molar refractivity (Wildman–Crippen MR) is 146 cm³/mol. The summed E-state index contributed by atoms with van der Waals surface area (Å²) < 4.78 is 26.2. The maximum atomic E-state index is 15.3. The zero-order chi connectivity index (χ0) is 27.9. The lowest BCUT2D eigenvalue weighted by Crippen LogP contribution is -2.58. The van der Waals surface area contributed by atoms with Crippen molar-refractivity contribution in [2.24, 2.45) is 10.5 Å². The molecule has 1 unspecified atom stereocenters. The van der Waals surface area contributed by atoms with Gasteiger partial charge in [-0.2, -0.15) is 5.10 Å². The van der Waals surface area contributed by atoms with E-state index in [0.29, 0.717) is 0 Å². The number of hydrazine groups is 2. The first-order valence-corrected chi connectivity index (χ1v) is 12.4. The van der Waals surface area contributed by atoms with Crippen molar-refractivity contribution in [2.75, 3.05) is 5.01 Å². The lowest BCUT2D eigenvalue weighted by molar-refractivity contribution is -0.157. The molecule has 0 saturated carbocycles. The van der Waals surface area contributed by atoms with E-state index in [4.69, 9.17) is 21.7 Å². The summed E-state index contributed by atoms with van der Waals surface area (Å²) in [6, 6.07) is 13.5. The number of hydrogen-bond acceptors (Lipinski definition) is 9. The van der Waals surface area contributed by atoms with E-state index in [1.165, 1.54) is 23.5 Å². The highest BCUT2D eigenvalue weighted by Crippen LogP contribution is 2.38. The second-order valence-corrected chi connectivity index (χ2v) is 10.7. The van der Waals surface area contributed by atoms with Gasteiger partial charge in [0.25, 0.3) is 0 Å². The van der Waals surface area contributed by atoms with Crippen molar-refractivity contribution >= 4 is 41.4 Å². The van der Waals surface area contributed by atoms with Gasteiger partial charge in [0.1, 0.15) is 18.8 Å². The smallest absolute Gasteiger partial charge is 0.413 e. The van der Waals surface area contributed by atoms with Crippen molar-refractivity contribution in [1.29, 1.82) is 0 Å². The molecule has 1 aliphatic heterocycles. The standard InChI is InChI=1S/C26H33FN6O4S/c1-17(2)37-22(34)26(15-25(3,4)5,19-11-12-21(20(27)13-19)33-16-28-31-32-33)30-23(38)29-24(35)36-14-18-9-7-6-8-10-18/h6-13,16-17,31-32H,14-15H2,1-5H3,(H2,29,30,35,38). The number of nitrogens with zero attached hydrogens (tertiary/aromatic N) is 2. The van der Waals surface area contributed by atoms with Gasteiger partial charge in [0.2, 0.25) is 0 Å². The molecule has 38 heavy (non-hydrogen) atoms. The molecule has 2 aromatic carbocycles. The highest BCUT2D eigenvalue weighted by atomic mass is 32.1. The lowest BCUT2D eigenvalue weighted by atomic mass is 9.75. The topological polar surface area (TPSA) is 116 Å². The van der Waals surface area contributed by atoms with Crippen LogP contribution in [0.3, 0.4) is 0 Å². The number of ether oxygens (including phenoxy) is 2. The minimum Gasteiger partial charge on any atom is -0.461 e. The Balaban J connectivity index is 1.91. The molecule has 4 N–H and O–H groups in total. The third-order valence-electron chi connectivity index (χ3n) is 5.35. The van der Waals surface area contributed by atoms with E-state index in [0.717, 1.165) is 5.56 Å². The molecule has 1 atom stereocenters. The SMILES string of the molecule is CC(C)OC(=O)C(CC(C)(C)C)(NC(=S)NC(=O)OCc1ccccc1)c1ccc(N2C=NNN2)c(F)c1. The van der Waals surface area contributed by atoms with Gasteiger partial charge in [-0.25, -0.2) is 24.5 Å². The van der Waals surface area contributed by atoms with Gasteiger partial charge in [-0.15, -0.1) is 5.53 Å². The number of rotatable bonds is 8. The highest BCUT2D eigenvalue weighted by molar-refractivity contribution is 7.80. The molecule has 0 bridgehead atoms. The second-order valence-electron chi connectivity index (χ2n) is 10.2. The number of halogens is 1. The monoisotopic (exact) mass is 544 g/mol. The van der Waals surface area contributed by atoms with E-state index in [1.54, 1.807) is 19.9 Å². The van der Waals surface area contributed by atoms with E-state index in [1.807, 2.05) is 51.1 Å². The Morgan fingerprint density at radius 2 is 1.87 bits per heavy atom. The Labute approximate surface area is 226 Å². The third kappa shape index (κ3) is 7.62. The normalized spacial score (nSPS) is 14.4. The van der Waals surface area contributed by atoms with Crippen LogP contribution < -0.4 is 26.7 Å². The van der Waals surface area contributed by atoms with E-state index < -0.39 is 34.9 Å². The summed E-state index contributed by atoms with van der Waals surface area (Å²) in [4.78, 5) is 26.1. The molecule has 3 rings (SSSR count). The number of amides is 1. The molecule has 1 aliphatic rings. The average Bonchev–Trinajstić information content (AvgIpc) is 3.36. The maximum Gasteiger partial charge on any atom is 0.413 e. The lowest BCUT2D eigenvalue weighted by Gasteiger charge is -2.39. The van der Waals surface area contributed by atoms with Crippen LogP contribution in [0.5, 0.6) is 0 Å². The van der Waals surface area contributed by atoms with Crippen LogP contribution in [0.1, 0.15) is 52.2 Å². The van der Waals surface area contributed by atoms with Gasteiger partial charge in [0.05, 0.1) is 11.8 Å². The molecular formula is C26H33FN6O4S. The maximum absolute atomic E-state index is 15.3. The molecule has 0 spiro atoms. The summed E-state index contributed by atoms with van der Waals surface area (Å²) in [6.07, 6.45) is 0.269.